The highest BCUT2D eigenvalue weighted by Gasteiger charge is 2.09. The van der Waals surface area contributed by atoms with Crippen LogP contribution in [0.5, 0.6) is 11.5 Å². The summed E-state index contributed by atoms with van der Waals surface area (Å²) in [5, 5.41) is 5.89. The lowest BCUT2D eigenvalue weighted by atomic mass is 10.2. The van der Waals surface area contributed by atoms with Gasteiger partial charge in [0.2, 0.25) is 5.95 Å². The van der Waals surface area contributed by atoms with E-state index in [-0.39, 0.29) is 5.91 Å². The zero-order valence-electron chi connectivity index (χ0n) is 15.3. The van der Waals surface area contributed by atoms with Crippen molar-refractivity contribution < 1.29 is 14.3 Å². The fourth-order valence-electron chi connectivity index (χ4n) is 2.43. The van der Waals surface area contributed by atoms with Gasteiger partial charge >= 0.3 is 0 Å². The Balaban J connectivity index is 1.69. The first-order valence-corrected chi connectivity index (χ1v) is 8.28. The maximum absolute atomic E-state index is 12.3. The Kier molecular flexibility index (Phi) is 5.51. The Labute approximate surface area is 157 Å². The van der Waals surface area contributed by atoms with Gasteiger partial charge in [-0.3, -0.25) is 4.79 Å². The lowest BCUT2D eigenvalue weighted by molar-refractivity contribution is 0.102. The van der Waals surface area contributed by atoms with Crippen molar-refractivity contribution in [2.24, 2.45) is 0 Å². The van der Waals surface area contributed by atoms with Gasteiger partial charge in [0.05, 0.1) is 25.5 Å². The molecule has 7 nitrogen and oxygen atoms in total. The van der Waals surface area contributed by atoms with E-state index in [4.69, 9.17) is 9.47 Å². The first kappa shape index (κ1) is 18.2. The van der Waals surface area contributed by atoms with E-state index >= 15 is 0 Å². The number of hydrogen-bond acceptors (Lipinski definition) is 6. The van der Waals surface area contributed by atoms with E-state index in [0.717, 1.165) is 17.0 Å². The molecular weight excluding hydrogens is 344 g/mol. The molecule has 1 heterocycles. The standard InChI is InChI=1S/C20H20N4O3/c1-13-4-9-18(27-3)17(10-13)24-20-21-11-14(12-22-20)19(25)23-15-5-7-16(26-2)8-6-15/h4-12H,1-3H3,(H,23,25)(H,21,22,24). The molecule has 0 aliphatic rings. The molecule has 2 N–H and O–H groups in total. The molecule has 3 aromatic rings. The average Bonchev–Trinajstić information content (AvgIpc) is 2.69. The predicted octanol–water partition coefficient (Wildman–Crippen LogP) is 3.80. The minimum absolute atomic E-state index is 0.292. The molecule has 0 unspecified atom stereocenters. The van der Waals surface area contributed by atoms with Crippen molar-refractivity contribution in [3.8, 4) is 11.5 Å². The fraction of sp³-hybridized carbons (Fsp3) is 0.150. The van der Waals surface area contributed by atoms with Gasteiger partial charge in [-0.2, -0.15) is 0 Å². The van der Waals surface area contributed by atoms with Crippen LogP contribution in [-0.4, -0.2) is 30.1 Å². The van der Waals surface area contributed by atoms with Crippen molar-refractivity contribution in [3.05, 3.63) is 66.0 Å². The predicted molar refractivity (Wildman–Crippen MR) is 104 cm³/mol. The third kappa shape index (κ3) is 4.52. The highest BCUT2D eigenvalue weighted by Crippen LogP contribution is 2.27. The van der Waals surface area contributed by atoms with Gasteiger partial charge in [-0.25, -0.2) is 9.97 Å². The van der Waals surface area contributed by atoms with Crippen LogP contribution in [0.25, 0.3) is 0 Å². The summed E-state index contributed by atoms with van der Waals surface area (Å²) in [5.41, 5.74) is 2.85. The maximum Gasteiger partial charge on any atom is 0.258 e. The van der Waals surface area contributed by atoms with E-state index in [2.05, 4.69) is 20.6 Å². The molecule has 0 radical (unpaired) electrons. The largest absolute Gasteiger partial charge is 0.497 e. The normalized spacial score (nSPS) is 10.2. The quantitative estimate of drug-likeness (QED) is 0.692. The third-order valence-corrected chi connectivity index (χ3v) is 3.86. The van der Waals surface area contributed by atoms with E-state index in [1.807, 2.05) is 25.1 Å². The van der Waals surface area contributed by atoms with Crippen molar-refractivity contribution in [2.75, 3.05) is 24.9 Å². The van der Waals surface area contributed by atoms with Gasteiger partial charge in [0.15, 0.2) is 0 Å². The Morgan fingerprint density at radius 3 is 2.30 bits per heavy atom. The van der Waals surface area contributed by atoms with E-state index in [0.29, 0.717) is 22.9 Å². The molecule has 0 saturated heterocycles. The van der Waals surface area contributed by atoms with E-state index < -0.39 is 0 Å². The molecule has 3 rings (SSSR count). The van der Waals surface area contributed by atoms with Crippen molar-refractivity contribution >= 4 is 23.2 Å². The Morgan fingerprint density at radius 2 is 1.67 bits per heavy atom. The summed E-state index contributed by atoms with van der Waals surface area (Å²) in [6.45, 7) is 1.98. The monoisotopic (exact) mass is 364 g/mol. The number of rotatable bonds is 6. The molecule has 1 aromatic heterocycles. The van der Waals surface area contributed by atoms with Crippen LogP contribution >= 0.6 is 0 Å². The molecule has 27 heavy (non-hydrogen) atoms. The fourth-order valence-corrected chi connectivity index (χ4v) is 2.43. The Bertz CT molecular complexity index is 925. The minimum Gasteiger partial charge on any atom is -0.497 e. The molecule has 0 fully saturated rings. The summed E-state index contributed by atoms with van der Waals surface area (Å²) in [6, 6.07) is 12.8. The minimum atomic E-state index is -0.292. The van der Waals surface area contributed by atoms with Crippen LogP contribution in [0.3, 0.4) is 0 Å². The number of nitrogens with one attached hydrogen (secondary N) is 2. The average molecular weight is 364 g/mol. The highest BCUT2D eigenvalue weighted by molar-refractivity contribution is 6.03. The molecule has 1 amide bonds. The van der Waals surface area contributed by atoms with Crippen LogP contribution in [0.1, 0.15) is 15.9 Å². The van der Waals surface area contributed by atoms with Gasteiger partial charge in [0.25, 0.3) is 5.91 Å². The molecule has 0 bridgehead atoms. The second-order valence-corrected chi connectivity index (χ2v) is 5.81. The number of methoxy groups -OCH3 is 2. The van der Waals surface area contributed by atoms with Crippen LogP contribution in [0.2, 0.25) is 0 Å². The second kappa shape index (κ2) is 8.18. The zero-order valence-corrected chi connectivity index (χ0v) is 15.3. The zero-order chi connectivity index (χ0) is 19.2. The number of anilines is 3. The van der Waals surface area contributed by atoms with Gasteiger partial charge in [-0.1, -0.05) is 6.07 Å². The summed E-state index contributed by atoms with van der Waals surface area (Å²) >= 11 is 0. The number of ether oxygens (including phenoxy) is 2. The van der Waals surface area contributed by atoms with Crippen molar-refractivity contribution in [2.45, 2.75) is 6.92 Å². The lowest BCUT2D eigenvalue weighted by Gasteiger charge is -2.11. The highest BCUT2D eigenvalue weighted by atomic mass is 16.5. The SMILES string of the molecule is COc1ccc(NC(=O)c2cnc(Nc3cc(C)ccc3OC)nc2)cc1. The number of carbonyl (C=O) groups is 1. The number of nitrogens with zero attached hydrogens (tertiary/aromatic N) is 2. The molecule has 138 valence electrons. The lowest BCUT2D eigenvalue weighted by Crippen LogP contribution is -2.13. The van der Waals surface area contributed by atoms with Crippen molar-refractivity contribution in [1.29, 1.82) is 0 Å². The van der Waals surface area contributed by atoms with Crippen LogP contribution in [0, 0.1) is 6.92 Å². The van der Waals surface area contributed by atoms with Crippen LogP contribution < -0.4 is 20.1 Å². The molecule has 0 spiro atoms. The molecule has 7 heteroatoms. The molecular formula is C20H20N4O3. The van der Waals surface area contributed by atoms with E-state index in [9.17, 15) is 4.79 Å². The number of hydrogen-bond donors (Lipinski definition) is 2. The summed E-state index contributed by atoms with van der Waals surface area (Å²) in [7, 11) is 3.19. The van der Waals surface area contributed by atoms with Gasteiger partial charge in [0.1, 0.15) is 11.5 Å². The number of carbonyl (C=O) groups excluding carboxylic acids is 1. The number of benzene rings is 2. The van der Waals surface area contributed by atoms with E-state index in [1.165, 1.54) is 12.4 Å². The third-order valence-electron chi connectivity index (χ3n) is 3.86. The van der Waals surface area contributed by atoms with Gasteiger partial charge in [-0.05, 0) is 48.9 Å². The number of aryl methyl sites for hydroxylation is 1. The number of aromatic nitrogens is 2. The van der Waals surface area contributed by atoms with Crippen molar-refractivity contribution in [1.82, 2.24) is 9.97 Å². The summed E-state index contributed by atoms with van der Waals surface area (Å²) < 4.78 is 10.4. The van der Waals surface area contributed by atoms with Crippen LogP contribution in [0.15, 0.2) is 54.9 Å². The van der Waals surface area contributed by atoms with Gasteiger partial charge in [-0.15, -0.1) is 0 Å². The summed E-state index contributed by atoms with van der Waals surface area (Å²) in [6.07, 6.45) is 2.94. The summed E-state index contributed by atoms with van der Waals surface area (Å²) in [5.74, 6) is 1.49. The first-order valence-electron chi connectivity index (χ1n) is 8.28. The molecule has 2 aromatic carbocycles. The van der Waals surface area contributed by atoms with E-state index in [1.54, 1.807) is 38.5 Å². The Morgan fingerprint density at radius 1 is 0.963 bits per heavy atom. The van der Waals surface area contributed by atoms with Gasteiger partial charge < -0.3 is 20.1 Å². The second-order valence-electron chi connectivity index (χ2n) is 5.81. The topological polar surface area (TPSA) is 85.4 Å². The molecule has 0 aliphatic heterocycles. The number of amides is 1. The van der Waals surface area contributed by atoms with Gasteiger partial charge in [0, 0.05) is 18.1 Å². The molecule has 0 atom stereocenters. The van der Waals surface area contributed by atoms with Crippen LogP contribution in [-0.2, 0) is 0 Å². The van der Waals surface area contributed by atoms with Crippen molar-refractivity contribution in [3.63, 3.8) is 0 Å². The molecule has 0 saturated carbocycles. The smallest absolute Gasteiger partial charge is 0.258 e. The Hall–Kier alpha value is -3.61. The first-order chi connectivity index (χ1) is 13.1. The molecule has 0 aliphatic carbocycles. The maximum atomic E-state index is 12.3. The summed E-state index contributed by atoms with van der Waals surface area (Å²) in [4.78, 5) is 20.7. The van der Waals surface area contributed by atoms with Crippen LogP contribution in [0.4, 0.5) is 17.3 Å².